The Labute approximate surface area is 107 Å². The molecular formula is C16H17NO. The Morgan fingerprint density at radius 2 is 2.06 bits per heavy atom. The molecule has 2 heteroatoms. The fraction of sp³-hybridized carbons (Fsp3) is 0.375. The Balaban J connectivity index is 1.99. The van der Waals surface area contributed by atoms with E-state index in [1.54, 1.807) is 6.20 Å². The lowest BCUT2D eigenvalue weighted by atomic mass is 9.90. The van der Waals surface area contributed by atoms with E-state index in [0.717, 1.165) is 30.2 Å². The van der Waals surface area contributed by atoms with Crippen LogP contribution in [0.1, 0.15) is 43.6 Å². The highest BCUT2D eigenvalue weighted by atomic mass is 16.1. The van der Waals surface area contributed by atoms with Crippen LogP contribution in [0, 0.1) is 0 Å². The number of carbonyl (C=O) groups excluding carboxylic acids is 1. The van der Waals surface area contributed by atoms with E-state index in [1.165, 1.54) is 18.4 Å². The highest BCUT2D eigenvalue weighted by Gasteiger charge is 2.22. The topological polar surface area (TPSA) is 30.0 Å². The zero-order chi connectivity index (χ0) is 12.4. The summed E-state index contributed by atoms with van der Waals surface area (Å²) in [7, 11) is 0. The Morgan fingerprint density at radius 3 is 3.00 bits per heavy atom. The van der Waals surface area contributed by atoms with Gasteiger partial charge in [0.2, 0.25) is 0 Å². The number of nitrogens with zero attached hydrogens (tertiary/aromatic N) is 1. The molecule has 1 aromatic heterocycles. The van der Waals surface area contributed by atoms with Crippen molar-refractivity contribution >= 4 is 16.7 Å². The van der Waals surface area contributed by atoms with Gasteiger partial charge in [-0.3, -0.25) is 9.78 Å². The summed E-state index contributed by atoms with van der Waals surface area (Å²) in [4.78, 5) is 16.5. The molecule has 2 nitrogen and oxygen atoms in total. The van der Waals surface area contributed by atoms with Gasteiger partial charge in [-0.25, -0.2) is 0 Å². The molecule has 92 valence electrons. The van der Waals surface area contributed by atoms with Gasteiger partial charge >= 0.3 is 0 Å². The fourth-order valence-corrected chi connectivity index (χ4v) is 2.82. The molecule has 1 heterocycles. The molecule has 1 aromatic carbocycles. The molecule has 0 saturated heterocycles. The van der Waals surface area contributed by atoms with Crippen LogP contribution in [0.3, 0.4) is 0 Å². The van der Waals surface area contributed by atoms with E-state index in [9.17, 15) is 4.79 Å². The van der Waals surface area contributed by atoms with E-state index in [-0.39, 0.29) is 5.92 Å². The van der Waals surface area contributed by atoms with Gasteiger partial charge in [-0.1, -0.05) is 25.0 Å². The zero-order valence-electron chi connectivity index (χ0n) is 10.4. The van der Waals surface area contributed by atoms with Gasteiger partial charge in [-0.2, -0.15) is 0 Å². The molecule has 0 radical (unpaired) electrons. The smallest absolute Gasteiger partial charge is 0.140 e. The van der Waals surface area contributed by atoms with Crippen molar-refractivity contribution in [2.45, 2.75) is 38.0 Å². The number of hydrogen-bond acceptors (Lipinski definition) is 2. The maximum Gasteiger partial charge on any atom is 0.140 e. The van der Waals surface area contributed by atoms with E-state index >= 15 is 0 Å². The number of pyridine rings is 1. The lowest BCUT2D eigenvalue weighted by molar-refractivity contribution is -0.120. The summed E-state index contributed by atoms with van der Waals surface area (Å²) in [6, 6.07) is 10.2. The Bertz CT molecular complexity index is 576. The molecule has 0 spiro atoms. The molecule has 0 bridgehead atoms. The molecule has 0 amide bonds. The van der Waals surface area contributed by atoms with Crippen molar-refractivity contribution in [3.8, 4) is 0 Å². The third-order valence-electron chi connectivity index (χ3n) is 3.83. The SMILES string of the molecule is O=C1CCCCCC1c1ccc2ncccc2c1. The lowest BCUT2D eigenvalue weighted by Crippen LogP contribution is -2.10. The molecule has 0 aliphatic heterocycles. The van der Waals surface area contributed by atoms with Crippen LogP contribution in [0.25, 0.3) is 10.9 Å². The predicted octanol–water partition coefficient (Wildman–Crippen LogP) is 3.85. The van der Waals surface area contributed by atoms with Gasteiger partial charge in [-0.15, -0.1) is 0 Å². The van der Waals surface area contributed by atoms with Gasteiger partial charge in [0, 0.05) is 23.9 Å². The van der Waals surface area contributed by atoms with E-state index < -0.39 is 0 Å². The van der Waals surface area contributed by atoms with E-state index in [1.807, 2.05) is 12.1 Å². The van der Waals surface area contributed by atoms with Gasteiger partial charge in [-0.05, 0) is 36.6 Å². The molecule has 18 heavy (non-hydrogen) atoms. The molecule has 3 rings (SSSR count). The van der Waals surface area contributed by atoms with Gasteiger partial charge < -0.3 is 0 Å². The van der Waals surface area contributed by atoms with Crippen molar-refractivity contribution in [2.75, 3.05) is 0 Å². The minimum atomic E-state index is 0.108. The number of ketones is 1. The average Bonchev–Trinajstić information content (AvgIpc) is 2.63. The molecule has 1 unspecified atom stereocenters. The molecule has 1 fully saturated rings. The zero-order valence-corrected chi connectivity index (χ0v) is 10.4. The molecule has 1 atom stereocenters. The standard InChI is InChI=1S/C16H17NO/c18-16-7-3-1-2-6-14(16)12-8-9-15-13(11-12)5-4-10-17-15/h4-5,8-11,14H,1-3,6-7H2. The molecule has 1 aliphatic rings. The van der Waals surface area contributed by atoms with Crippen molar-refractivity contribution in [1.29, 1.82) is 0 Å². The van der Waals surface area contributed by atoms with Crippen LogP contribution >= 0.6 is 0 Å². The summed E-state index contributed by atoms with van der Waals surface area (Å²) in [6.45, 7) is 0. The van der Waals surface area contributed by atoms with Crippen LogP contribution in [0.5, 0.6) is 0 Å². The second-order valence-electron chi connectivity index (χ2n) is 5.07. The van der Waals surface area contributed by atoms with Crippen molar-refractivity contribution in [1.82, 2.24) is 4.98 Å². The summed E-state index contributed by atoms with van der Waals surface area (Å²) < 4.78 is 0. The highest BCUT2D eigenvalue weighted by molar-refractivity contribution is 5.88. The molecule has 1 saturated carbocycles. The van der Waals surface area contributed by atoms with Gasteiger partial charge in [0.05, 0.1) is 5.52 Å². The van der Waals surface area contributed by atoms with Gasteiger partial charge in [0.1, 0.15) is 5.78 Å². The second kappa shape index (κ2) is 4.89. The second-order valence-corrected chi connectivity index (χ2v) is 5.07. The average molecular weight is 239 g/mol. The number of rotatable bonds is 1. The number of aromatic nitrogens is 1. The lowest BCUT2D eigenvalue weighted by Gasteiger charge is -2.13. The monoisotopic (exact) mass is 239 g/mol. The van der Waals surface area contributed by atoms with Gasteiger partial charge in [0.15, 0.2) is 0 Å². The summed E-state index contributed by atoms with van der Waals surface area (Å²) in [5, 5.41) is 1.13. The minimum Gasteiger partial charge on any atom is -0.299 e. The van der Waals surface area contributed by atoms with Crippen molar-refractivity contribution in [3.05, 3.63) is 42.1 Å². The minimum absolute atomic E-state index is 0.108. The third kappa shape index (κ3) is 2.15. The highest BCUT2D eigenvalue weighted by Crippen LogP contribution is 2.30. The molecule has 2 aromatic rings. The van der Waals surface area contributed by atoms with Crippen LogP contribution in [0.4, 0.5) is 0 Å². The van der Waals surface area contributed by atoms with Crippen LogP contribution in [0.2, 0.25) is 0 Å². The first-order chi connectivity index (χ1) is 8.84. The fourth-order valence-electron chi connectivity index (χ4n) is 2.82. The number of hydrogen-bond donors (Lipinski definition) is 0. The normalized spacial score (nSPS) is 20.9. The van der Waals surface area contributed by atoms with Gasteiger partial charge in [0.25, 0.3) is 0 Å². The maximum atomic E-state index is 12.1. The molecular weight excluding hydrogens is 222 g/mol. The van der Waals surface area contributed by atoms with E-state index in [2.05, 4.69) is 23.2 Å². The van der Waals surface area contributed by atoms with Crippen LogP contribution in [0.15, 0.2) is 36.5 Å². The largest absolute Gasteiger partial charge is 0.299 e. The van der Waals surface area contributed by atoms with E-state index in [0.29, 0.717) is 5.78 Å². The first kappa shape index (κ1) is 11.4. The quantitative estimate of drug-likeness (QED) is 0.707. The summed E-state index contributed by atoms with van der Waals surface area (Å²) in [5.41, 5.74) is 2.17. The summed E-state index contributed by atoms with van der Waals surface area (Å²) in [5.74, 6) is 0.521. The van der Waals surface area contributed by atoms with Crippen molar-refractivity contribution < 1.29 is 4.79 Å². The van der Waals surface area contributed by atoms with E-state index in [4.69, 9.17) is 0 Å². The first-order valence-corrected chi connectivity index (χ1v) is 6.72. The number of Topliss-reactive ketones (excluding diaryl/α,β-unsaturated/α-hetero) is 1. The van der Waals surface area contributed by atoms with Crippen LogP contribution < -0.4 is 0 Å². The molecule has 0 N–H and O–H groups in total. The summed E-state index contributed by atoms with van der Waals surface area (Å²) >= 11 is 0. The predicted molar refractivity (Wildman–Crippen MR) is 72.6 cm³/mol. The number of fused-ring (bicyclic) bond motifs is 1. The number of carbonyl (C=O) groups is 1. The Hall–Kier alpha value is -1.70. The first-order valence-electron chi connectivity index (χ1n) is 6.72. The Kier molecular flexibility index (Phi) is 3.09. The van der Waals surface area contributed by atoms with Crippen LogP contribution in [-0.4, -0.2) is 10.8 Å². The van der Waals surface area contributed by atoms with Crippen molar-refractivity contribution in [3.63, 3.8) is 0 Å². The third-order valence-corrected chi connectivity index (χ3v) is 3.83. The maximum absolute atomic E-state index is 12.1. The van der Waals surface area contributed by atoms with Crippen LogP contribution in [-0.2, 0) is 4.79 Å². The van der Waals surface area contributed by atoms with Crippen molar-refractivity contribution in [2.24, 2.45) is 0 Å². The summed E-state index contributed by atoms with van der Waals surface area (Å²) in [6.07, 6.45) is 6.97. The Morgan fingerprint density at radius 1 is 1.11 bits per heavy atom. The molecule has 1 aliphatic carbocycles. The number of benzene rings is 1.